The van der Waals surface area contributed by atoms with E-state index in [1.807, 2.05) is 35.1 Å². The Hall–Kier alpha value is -3.01. The van der Waals surface area contributed by atoms with Crippen molar-refractivity contribution in [1.82, 2.24) is 40.0 Å². The lowest BCUT2D eigenvalue weighted by Gasteiger charge is -2.17. The van der Waals surface area contributed by atoms with Crippen LogP contribution in [0, 0.1) is 0 Å². The summed E-state index contributed by atoms with van der Waals surface area (Å²) in [5.41, 5.74) is 1.77. The minimum absolute atomic E-state index is 0.200. The molecule has 0 saturated heterocycles. The van der Waals surface area contributed by atoms with Crippen LogP contribution >= 0.6 is 11.8 Å². The first-order valence-electron chi connectivity index (χ1n) is 8.03. The first kappa shape index (κ1) is 16.5. The van der Waals surface area contributed by atoms with Crippen LogP contribution in [0.4, 0.5) is 0 Å². The Labute approximate surface area is 152 Å². The van der Waals surface area contributed by atoms with Crippen molar-refractivity contribution < 1.29 is 4.79 Å². The van der Waals surface area contributed by atoms with E-state index >= 15 is 0 Å². The molecular formula is C16H16N8OS. The van der Waals surface area contributed by atoms with Crippen LogP contribution in [-0.2, 0) is 0 Å². The predicted molar refractivity (Wildman–Crippen MR) is 97.0 cm³/mol. The first-order valence-corrected chi connectivity index (χ1v) is 9.43. The maximum atomic E-state index is 12.8. The Bertz CT molecular complexity index is 1060. The molecule has 26 heavy (non-hydrogen) atoms. The van der Waals surface area contributed by atoms with E-state index in [0.717, 1.165) is 17.8 Å². The second kappa shape index (κ2) is 7.08. The Morgan fingerprint density at radius 2 is 2.12 bits per heavy atom. The minimum atomic E-state index is -0.250. The summed E-state index contributed by atoms with van der Waals surface area (Å²) in [6.07, 6.45) is 6.34. The number of rotatable bonds is 6. The highest BCUT2D eigenvalue weighted by Crippen LogP contribution is 2.19. The average Bonchev–Trinajstić information content (AvgIpc) is 3.31. The molecule has 0 radical (unpaired) electrons. The minimum Gasteiger partial charge on any atom is -0.342 e. The molecule has 1 N–H and O–H groups in total. The fourth-order valence-electron chi connectivity index (χ4n) is 2.72. The van der Waals surface area contributed by atoms with Crippen LogP contribution in [0.3, 0.4) is 0 Å². The normalized spacial score (nSPS) is 12.5. The van der Waals surface area contributed by atoms with Crippen molar-refractivity contribution >= 4 is 29.0 Å². The van der Waals surface area contributed by atoms with E-state index in [4.69, 9.17) is 0 Å². The fourth-order valence-corrected chi connectivity index (χ4v) is 3.19. The predicted octanol–water partition coefficient (Wildman–Crippen LogP) is 1.39. The van der Waals surface area contributed by atoms with Gasteiger partial charge in [0.05, 0.1) is 6.04 Å². The SMILES string of the molecule is CSCC[C@@H](NC(=O)c1ccn2nnnc2c1)c1nnc2ccccn12. The molecule has 0 aromatic carbocycles. The van der Waals surface area contributed by atoms with Crippen molar-refractivity contribution in [2.75, 3.05) is 12.0 Å². The summed E-state index contributed by atoms with van der Waals surface area (Å²) in [5.74, 6) is 1.40. The van der Waals surface area contributed by atoms with Gasteiger partial charge >= 0.3 is 0 Å². The zero-order chi connectivity index (χ0) is 17.9. The van der Waals surface area contributed by atoms with E-state index in [1.165, 1.54) is 4.52 Å². The number of carbonyl (C=O) groups excluding carboxylic acids is 1. The van der Waals surface area contributed by atoms with Crippen molar-refractivity contribution in [3.63, 3.8) is 0 Å². The number of carbonyl (C=O) groups is 1. The van der Waals surface area contributed by atoms with Crippen LogP contribution in [0.1, 0.15) is 28.6 Å². The average molecular weight is 368 g/mol. The highest BCUT2D eigenvalue weighted by atomic mass is 32.2. The number of pyridine rings is 2. The van der Waals surface area contributed by atoms with Crippen LogP contribution in [0.15, 0.2) is 42.7 Å². The molecule has 4 aromatic heterocycles. The van der Waals surface area contributed by atoms with E-state index in [2.05, 4.69) is 31.0 Å². The highest BCUT2D eigenvalue weighted by Gasteiger charge is 2.21. The van der Waals surface area contributed by atoms with E-state index in [-0.39, 0.29) is 11.9 Å². The molecule has 4 aromatic rings. The number of nitrogens with one attached hydrogen (secondary N) is 1. The van der Waals surface area contributed by atoms with Crippen molar-refractivity contribution in [2.45, 2.75) is 12.5 Å². The maximum Gasteiger partial charge on any atom is 0.252 e. The van der Waals surface area contributed by atoms with Gasteiger partial charge in [0.2, 0.25) is 0 Å². The molecule has 4 rings (SSSR count). The third-order valence-corrected chi connectivity index (χ3v) is 4.67. The number of tetrazole rings is 1. The highest BCUT2D eigenvalue weighted by molar-refractivity contribution is 7.98. The molecule has 1 amide bonds. The third kappa shape index (κ3) is 3.10. The second-order valence-corrected chi connectivity index (χ2v) is 6.68. The van der Waals surface area contributed by atoms with Gasteiger partial charge in [0.1, 0.15) is 0 Å². The van der Waals surface area contributed by atoms with Gasteiger partial charge in [-0.1, -0.05) is 6.07 Å². The molecule has 132 valence electrons. The lowest BCUT2D eigenvalue weighted by molar-refractivity contribution is 0.0933. The van der Waals surface area contributed by atoms with Crippen LogP contribution in [-0.4, -0.2) is 52.6 Å². The molecule has 0 spiro atoms. The van der Waals surface area contributed by atoms with Gasteiger partial charge in [-0.05, 0) is 53.1 Å². The molecule has 10 heteroatoms. The second-order valence-electron chi connectivity index (χ2n) is 5.69. The van der Waals surface area contributed by atoms with Gasteiger partial charge in [-0.2, -0.15) is 11.8 Å². The van der Waals surface area contributed by atoms with Crippen molar-refractivity contribution in [2.24, 2.45) is 0 Å². The van der Waals surface area contributed by atoms with Gasteiger partial charge < -0.3 is 5.32 Å². The number of hydrogen-bond acceptors (Lipinski definition) is 7. The van der Waals surface area contributed by atoms with Gasteiger partial charge in [-0.25, -0.2) is 4.52 Å². The number of hydrogen-bond donors (Lipinski definition) is 1. The van der Waals surface area contributed by atoms with Gasteiger partial charge in [-0.3, -0.25) is 9.20 Å². The van der Waals surface area contributed by atoms with Crippen LogP contribution < -0.4 is 5.32 Å². The largest absolute Gasteiger partial charge is 0.342 e. The molecule has 4 heterocycles. The van der Waals surface area contributed by atoms with Gasteiger partial charge in [-0.15, -0.1) is 15.3 Å². The van der Waals surface area contributed by atoms with Crippen LogP contribution in [0.5, 0.6) is 0 Å². The monoisotopic (exact) mass is 368 g/mol. The lowest BCUT2D eigenvalue weighted by Crippen LogP contribution is -2.30. The van der Waals surface area contributed by atoms with Gasteiger partial charge in [0.15, 0.2) is 17.1 Å². The third-order valence-electron chi connectivity index (χ3n) is 4.03. The smallest absolute Gasteiger partial charge is 0.252 e. The van der Waals surface area contributed by atoms with Crippen LogP contribution in [0.2, 0.25) is 0 Å². The number of aromatic nitrogens is 7. The number of thioether (sulfide) groups is 1. The van der Waals surface area contributed by atoms with Crippen LogP contribution in [0.25, 0.3) is 11.3 Å². The summed E-state index contributed by atoms with van der Waals surface area (Å²) < 4.78 is 3.41. The molecule has 0 bridgehead atoms. The molecule has 1 atom stereocenters. The summed E-state index contributed by atoms with van der Waals surface area (Å²) >= 11 is 1.72. The summed E-state index contributed by atoms with van der Waals surface area (Å²) in [6, 6.07) is 8.80. The summed E-state index contributed by atoms with van der Waals surface area (Å²) in [5, 5.41) is 22.8. The van der Waals surface area contributed by atoms with Crippen molar-refractivity contribution in [3.8, 4) is 0 Å². The molecule has 0 unspecified atom stereocenters. The molecule has 9 nitrogen and oxygen atoms in total. The number of nitrogens with zero attached hydrogens (tertiary/aromatic N) is 7. The Morgan fingerprint density at radius 1 is 1.19 bits per heavy atom. The molecule has 0 aliphatic heterocycles. The van der Waals surface area contributed by atoms with Crippen molar-refractivity contribution in [1.29, 1.82) is 0 Å². The van der Waals surface area contributed by atoms with E-state index in [0.29, 0.717) is 17.0 Å². The molecule has 0 fully saturated rings. The Morgan fingerprint density at radius 3 is 3.00 bits per heavy atom. The zero-order valence-electron chi connectivity index (χ0n) is 14.0. The Balaban J connectivity index is 1.63. The summed E-state index contributed by atoms with van der Waals surface area (Å²) in [4.78, 5) is 12.8. The molecular weight excluding hydrogens is 352 g/mol. The molecule has 0 saturated carbocycles. The fraction of sp³-hybridized carbons (Fsp3) is 0.250. The summed E-state index contributed by atoms with van der Waals surface area (Å²) in [7, 11) is 0. The van der Waals surface area contributed by atoms with Gasteiger partial charge in [0, 0.05) is 18.0 Å². The standard InChI is InChI=1S/C16H16N8OS/c1-26-9-6-12(15-20-18-13-4-2-3-7-23(13)15)17-16(25)11-5-8-24-14(10-11)19-21-22-24/h2-5,7-8,10,12H,6,9H2,1H3,(H,17,25)/t12-/m1/s1. The number of amides is 1. The van der Waals surface area contributed by atoms with Crippen molar-refractivity contribution in [3.05, 3.63) is 54.1 Å². The van der Waals surface area contributed by atoms with E-state index in [9.17, 15) is 4.79 Å². The summed E-state index contributed by atoms with van der Waals surface area (Å²) in [6.45, 7) is 0. The topological polar surface area (TPSA) is 102 Å². The quantitative estimate of drug-likeness (QED) is 0.548. The lowest BCUT2D eigenvalue weighted by atomic mass is 10.1. The Kier molecular flexibility index (Phi) is 4.48. The van der Waals surface area contributed by atoms with E-state index < -0.39 is 0 Å². The van der Waals surface area contributed by atoms with E-state index in [1.54, 1.807) is 30.1 Å². The molecule has 0 aliphatic rings. The maximum absolute atomic E-state index is 12.8. The van der Waals surface area contributed by atoms with Gasteiger partial charge in [0.25, 0.3) is 5.91 Å². The molecule has 0 aliphatic carbocycles. The number of fused-ring (bicyclic) bond motifs is 2. The zero-order valence-corrected chi connectivity index (χ0v) is 14.8. The first-order chi connectivity index (χ1) is 12.8.